The second kappa shape index (κ2) is 12.8. The summed E-state index contributed by atoms with van der Waals surface area (Å²) in [6.45, 7) is 4.64. The van der Waals surface area contributed by atoms with Crippen LogP contribution in [0.25, 0.3) is 0 Å². The van der Waals surface area contributed by atoms with Crippen molar-refractivity contribution in [2.45, 2.75) is 46.0 Å². The highest BCUT2D eigenvalue weighted by molar-refractivity contribution is 7.92. The molecule has 0 heterocycles. The van der Waals surface area contributed by atoms with E-state index in [-0.39, 0.29) is 23.9 Å². The number of anilines is 1. The lowest BCUT2D eigenvalue weighted by molar-refractivity contribution is -0.140. The Morgan fingerprint density at radius 3 is 2.18 bits per heavy atom. The van der Waals surface area contributed by atoms with Crippen LogP contribution >= 0.6 is 11.6 Å². The molecule has 0 unspecified atom stereocenters. The molecule has 7 nitrogen and oxygen atoms in total. The molecule has 0 aliphatic heterocycles. The van der Waals surface area contributed by atoms with E-state index in [2.05, 4.69) is 5.32 Å². The number of rotatable bonds is 11. The molecule has 2 aromatic carbocycles. The van der Waals surface area contributed by atoms with E-state index in [0.717, 1.165) is 17.2 Å². The number of hydrogen-bond acceptors (Lipinski definition) is 4. The number of nitrogens with one attached hydrogen (secondary N) is 1. The Bertz CT molecular complexity index is 1240. The van der Waals surface area contributed by atoms with E-state index in [4.69, 9.17) is 11.6 Å². The maximum Gasteiger partial charge on any atom is 0.416 e. The minimum Gasteiger partial charge on any atom is -0.354 e. The van der Waals surface area contributed by atoms with Gasteiger partial charge in [-0.25, -0.2) is 12.8 Å². The zero-order valence-electron chi connectivity index (χ0n) is 21.4. The van der Waals surface area contributed by atoms with E-state index in [0.29, 0.717) is 28.5 Å². The first-order chi connectivity index (χ1) is 17.5. The molecule has 2 amide bonds. The molecule has 13 heteroatoms. The summed E-state index contributed by atoms with van der Waals surface area (Å²) < 4.78 is 79.2. The van der Waals surface area contributed by atoms with Crippen molar-refractivity contribution in [3.8, 4) is 0 Å². The van der Waals surface area contributed by atoms with Gasteiger partial charge in [0.25, 0.3) is 0 Å². The van der Waals surface area contributed by atoms with Crippen LogP contribution in [0.2, 0.25) is 5.02 Å². The standard InChI is InChI=1S/C25H30ClF4N3O4S/c1-5-21(24(35)31-13-16(2)3)32(14-17-6-9-19(27)10-7-17)23(34)15-33(38(4,36)37)22-12-18(25(28,29)30)8-11-20(22)26/h6-12,16,21H,5,13-15H2,1-4H3,(H,31,35)/t21-/m0/s1. The predicted octanol–water partition coefficient (Wildman–Crippen LogP) is 4.84. The smallest absolute Gasteiger partial charge is 0.354 e. The first-order valence-electron chi connectivity index (χ1n) is 11.7. The van der Waals surface area contributed by atoms with Crippen LogP contribution in [-0.2, 0) is 32.3 Å². The molecule has 0 aliphatic carbocycles. The number of sulfonamides is 1. The molecule has 0 fully saturated rings. The molecule has 0 radical (unpaired) electrons. The van der Waals surface area contributed by atoms with Crippen molar-refractivity contribution in [3.05, 3.63) is 64.4 Å². The summed E-state index contributed by atoms with van der Waals surface area (Å²) >= 11 is 6.07. The maximum absolute atomic E-state index is 13.6. The number of nitrogens with zero attached hydrogens (tertiary/aromatic N) is 2. The molecule has 210 valence electrons. The lowest BCUT2D eigenvalue weighted by Crippen LogP contribution is -2.52. The number of carbonyl (C=O) groups excluding carboxylic acids is 2. The van der Waals surface area contributed by atoms with Gasteiger partial charge in [-0.15, -0.1) is 0 Å². The number of carbonyl (C=O) groups is 2. The van der Waals surface area contributed by atoms with Gasteiger partial charge in [-0.2, -0.15) is 13.2 Å². The number of benzene rings is 2. The van der Waals surface area contributed by atoms with Crippen LogP contribution < -0.4 is 9.62 Å². The second-order valence-electron chi connectivity index (χ2n) is 9.14. The zero-order valence-corrected chi connectivity index (χ0v) is 22.9. The zero-order chi connectivity index (χ0) is 28.8. The van der Waals surface area contributed by atoms with Gasteiger partial charge in [0.2, 0.25) is 21.8 Å². The third kappa shape index (κ3) is 8.59. The number of hydrogen-bond donors (Lipinski definition) is 1. The average Bonchev–Trinajstić information content (AvgIpc) is 2.81. The highest BCUT2D eigenvalue weighted by atomic mass is 35.5. The van der Waals surface area contributed by atoms with E-state index < -0.39 is 57.7 Å². The van der Waals surface area contributed by atoms with E-state index in [1.807, 2.05) is 13.8 Å². The molecule has 0 aliphatic rings. The van der Waals surface area contributed by atoms with Gasteiger partial charge in [0.1, 0.15) is 18.4 Å². The monoisotopic (exact) mass is 579 g/mol. The normalized spacial score (nSPS) is 12.8. The van der Waals surface area contributed by atoms with E-state index in [9.17, 15) is 35.6 Å². The second-order valence-corrected chi connectivity index (χ2v) is 11.5. The molecule has 0 spiro atoms. The van der Waals surface area contributed by atoms with E-state index in [1.54, 1.807) is 6.92 Å². The molecule has 1 N–H and O–H groups in total. The molecule has 0 aromatic heterocycles. The molecule has 38 heavy (non-hydrogen) atoms. The first-order valence-corrected chi connectivity index (χ1v) is 13.9. The van der Waals surface area contributed by atoms with Gasteiger partial charge in [-0.3, -0.25) is 13.9 Å². The van der Waals surface area contributed by atoms with Gasteiger partial charge < -0.3 is 10.2 Å². The molecular weight excluding hydrogens is 550 g/mol. The Balaban J connectivity index is 2.52. The fourth-order valence-electron chi connectivity index (χ4n) is 3.60. The minimum absolute atomic E-state index is 0.112. The van der Waals surface area contributed by atoms with Gasteiger partial charge in [-0.05, 0) is 48.2 Å². The summed E-state index contributed by atoms with van der Waals surface area (Å²) in [4.78, 5) is 27.7. The van der Waals surface area contributed by atoms with Crippen LogP contribution in [0, 0.1) is 11.7 Å². The van der Waals surface area contributed by atoms with Crippen molar-refractivity contribution < 1.29 is 35.6 Å². The molecule has 2 rings (SSSR count). The summed E-state index contributed by atoms with van der Waals surface area (Å²) in [6.07, 6.45) is -3.91. The van der Waals surface area contributed by atoms with Gasteiger partial charge in [0.15, 0.2) is 0 Å². The van der Waals surface area contributed by atoms with E-state index in [1.165, 1.54) is 24.3 Å². The summed E-state index contributed by atoms with van der Waals surface area (Å²) in [5.41, 5.74) is -1.23. The van der Waals surface area contributed by atoms with Crippen molar-refractivity contribution >= 4 is 39.1 Å². The van der Waals surface area contributed by atoms with Crippen LogP contribution in [0.5, 0.6) is 0 Å². The fourth-order valence-corrected chi connectivity index (χ4v) is 4.73. The molecular formula is C25H30ClF4N3O4S. The van der Waals surface area contributed by atoms with Gasteiger partial charge in [0.05, 0.1) is 22.5 Å². The third-order valence-electron chi connectivity index (χ3n) is 5.56. The fraction of sp³-hybridized carbons (Fsp3) is 0.440. The lowest BCUT2D eigenvalue weighted by Gasteiger charge is -2.33. The molecule has 0 saturated carbocycles. The van der Waals surface area contributed by atoms with Crippen molar-refractivity contribution in [1.29, 1.82) is 0 Å². The molecule has 0 saturated heterocycles. The quantitative estimate of drug-likeness (QED) is 0.386. The van der Waals surface area contributed by atoms with Crippen LogP contribution in [0.4, 0.5) is 23.2 Å². The lowest BCUT2D eigenvalue weighted by atomic mass is 10.1. The number of halogens is 5. The number of alkyl halides is 3. The van der Waals surface area contributed by atoms with Crippen molar-refractivity contribution in [2.24, 2.45) is 5.92 Å². The minimum atomic E-state index is -4.79. The maximum atomic E-state index is 13.6. The van der Waals surface area contributed by atoms with Crippen molar-refractivity contribution in [3.63, 3.8) is 0 Å². The van der Waals surface area contributed by atoms with Gasteiger partial charge in [-0.1, -0.05) is 44.5 Å². The Labute approximate surface area is 224 Å². The van der Waals surface area contributed by atoms with Gasteiger partial charge >= 0.3 is 6.18 Å². The average molecular weight is 580 g/mol. The van der Waals surface area contributed by atoms with E-state index >= 15 is 0 Å². The Morgan fingerprint density at radius 2 is 1.68 bits per heavy atom. The van der Waals surface area contributed by atoms with Crippen molar-refractivity contribution in [2.75, 3.05) is 23.7 Å². The Hall–Kier alpha value is -2.86. The van der Waals surface area contributed by atoms with Crippen molar-refractivity contribution in [1.82, 2.24) is 10.2 Å². The first kappa shape index (κ1) is 31.4. The topological polar surface area (TPSA) is 86.8 Å². The molecule has 1 atom stereocenters. The summed E-state index contributed by atoms with van der Waals surface area (Å²) in [5.74, 6) is -1.75. The van der Waals surface area contributed by atoms with Gasteiger partial charge in [0, 0.05) is 13.1 Å². The van der Waals surface area contributed by atoms with Crippen LogP contribution in [0.1, 0.15) is 38.3 Å². The third-order valence-corrected chi connectivity index (χ3v) is 7.00. The number of amides is 2. The summed E-state index contributed by atoms with van der Waals surface area (Å²) in [6, 6.07) is 6.26. The van der Waals surface area contributed by atoms with Crippen LogP contribution in [0.3, 0.4) is 0 Å². The molecule has 2 aromatic rings. The summed E-state index contributed by atoms with van der Waals surface area (Å²) in [7, 11) is -4.30. The van der Waals surface area contributed by atoms with Crippen LogP contribution in [0.15, 0.2) is 42.5 Å². The summed E-state index contributed by atoms with van der Waals surface area (Å²) in [5, 5.41) is 2.42. The SMILES string of the molecule is CC[C@@H](C(=O)NCC(C)C)N(Cc1ccc(F)cc1)C(=O)CN(c1cc(C(F)(F)F)ccc1Cl)S(C)(=O)=O. The largest absolute Gasteiger partial charge is 0.416 e. The Kier molecular flexibility index (Phi) is 10.6. The van der Waals surface area contributed by atoms with Crippen LogP contribution in [-0.4, -0.2) is 50.5 Å². The highest BCUT2D eigenvalue weighted by Crippen LogP contribution is 2.36. The predicted molar refractivity (Wildman–Crippen MR) is 138 cm³/mol. The highest BCUT2D eigenvalue weighted by Gasteiger charge is 2.35. The molecule has 0 bridgehead atoms. The Morgan fingerprint density at radius 1 is 1.08 bits per heavy atom.